The van der Waals surface area contributed by atoms with Gasteiger partial charge < -0.3 is 5.11 Å². The van der Waals surface area contributed by atoms with Crippen molar-refractivity contribution in [3.8, 4) is 5.75 Å². The van der Waals surface area contributed by atoms with Gasteiger partial charge in [0, 0.05) is 5.56 Å². The third-order valence-electron chi connectivity index (χ3n) is 3.62. The molecule has 1 heteroatoms. The normalized spacial score (nSPS) is 29.3. The average Bonchev–Trinajstić information content (AvgIpc) is 2.62. The Balaban J connectivity index is 2.26. The monoisotopic (exact) mass is 174 g/mol. The van der Waals surface area contributed by atoms with Crippen LogP contribution in [0.25, 0.3) is 0 Å². The molecule has 1 aromatic carbocycles. The molecule has 0 amide bonds. The number of rotatable bonds is 0. The molecule has 0 aromatic heterocycles. The van der Waals surface area contributed by atoms with E-state index in [2.05, 4.69) is 13.0 Å². The fourth-order valence-electron chi connectivity index (χ4n) is 3.11. The predicted octanol–water partition coefficient (Wildman–Crippen LogP) is 3.07. The lowest BCUT2D eigenvalue weighted by Crippen LogP contribution is -1.98. The number of hydrogen-bond acceptors (Lipinski definition) is 1. The van der Waals surface area contributed by atoms with Crippen molar-refractivity contribution in [3.05, 3.63) is 28.8 Å². The molecule has 1 saturated carbocycles. The number of hydrogen-bond donors (Lipinski definition) is 1. The molecule has 1 fully saturated rings. The fourth-order valence-corrected chi connectivity index (χ4v) is 3.11. The highest BCUT2D eigenvalue weighted by Crippen LogP contribution is 2.55. The van der Waals surface area contributed by atoms with Gasteiger partial charge in [-0.05, 0) is 55.2 Å². The molecule has 0 spiro atoms. The molecule has 2 aliphatic carbocycles. The van der Waals surface area contributed by atoms with E-state index in [1.54, 1.807) is 0 Å². The van der Waals surface area contributed by atoms with E-state index in [0.717, 1.165) is 5.92 Å². The number of aryl methyl sites for hydroxylation is 1. The van der Waals surface area contributed by atoms with Crippen molar-refractivity contribution in [2.45, 2.75) is 38.0 Å². The van der Waals surface area contributed by atoms with Crippen LogP contribution in [-0.2, 0) is 0 Å². The molecule has 0 saturated heterocycles. The van der Waals surface area contributed by atoms with Crippen LogP contribution in [0.3, 0.4) is 0 Å². The lowest BCUT2D eigenvalue weighted by Gasteiger charge is -2.16. The van der Waals surface area contributed by atoms with E-state index in [9.17, 15) is 5.11 Å². The maximum atomic E-state index is 9.83. The standard InChI is InChI=1S/C12H14O/c1-7-4-10-8-2-3-9(6-8)12(10)11(13)5-7/h4-5,8-9,13H,2-3,6H2,1H3. The summed E-state index contributed by atoms with van der Waals surface area (Å²) in [5, 5.41) is 9.83. The van der Waals surface area contributed by atoms with Crippen molar-refractivity contribution >= 4 is 0 Å². The van der Waals surface area contributed by atoms with Crippen LogP contribution < -0.4 is 0 Å². The molecule has 1 N–H and O–H groups in total. The summed E-state index contributed by atoms with van der Waals surface area (Å²) in [6.45, 7) is 2.06. The van der Waals surface area contributed by atoms with Gasteiger partial charge in [0.05, 0.1) is 0 Å². The minimum Gasteiger partial charge on any atom is -0.508 e. The van der Waals surface area contributed by atoms with Crippen LogP contribution in [0, 0.1) is 6.92 Å². The quantitative estimate of drug-likeness (QED) is 0.641. The molecule has 13 heavy (non-hydrogen) atoms. The van der Waals surface area contributed by atoms with E-state index >= 15 is 0 Å². The van der Waals surface area contributed by atoms with Gasteiger partial charge in [-0.3, -0.25) is 0 Å². The van der Waals surface area contributed by atoms with Gasteiger partial charge in [-0.2, -0.15) is 0 Å². The number of phenolic OH excluding ortho intramolecular Hbond substituents is 1. The molecule has 0 aliphatic heterocycles. The number of benzene rings is 1. The van der Waals surface area contributed by atoms with Crippen LogP contribution in [0.5, 0.6) is 5.75 Å². The Morgan fingerprint density at radius 1 is 1.23 bits per heavy atom. The van der Waals surface area contributed by atoms with E-state index in [4.69, 9.17) is 0 Å². The maximum absolute atomic E-state index is 9.83. The summed E-state index contributed by atoms with van der Waals surface area (Å²) in [6, 6.07) is 4.17. The van der Waals surface area contributed by atoms with E-state index < -0.39 is 0 Å². The molecule has 3 rings (SSSR count). The van der Waals surface area contributed by atoms with Crippen molar-refractivity contribution in [3.63, 3.8) is 0 Å². The minimum absolute atomic E-state index is 0.544. The van der Waals surface area contributed by atoms with Gasteiger partial charge in [0.2, 0.25) is 0 Å². The first-order valence-corrected chi connectivity index (χ1v) is 5.09. The van der Waals surface area contributed by atoms with Gasteiger partial charge in [-0.15, -0.1) is 0 Å². The minimum atomic E-state index is 0.544. The first-order chi connectivity index (χ1) is 6.25. The highest BCUT2D eigenvalue weighted by atomic mass is 16.3. The van der Waals surface area contributed by atoms with Crippen LogP contribution in [0.1, 0.15) is 47.8 Å². The van der Waals surface area contributed by atoms with Crippen molar-refractivity contribution < 1.29 is 5.11 Å². The van der Waals surface area contributed by atoms with Gasteiger partial charge in [0.25, 0.3) is 0 Å². The van der Waals surface area contributed by atoms with Crippen LogP contribution in [0.15, 0.2) is 12.1 Å². The van der Waals surface area contributed by atoms with Gasteiger partial charge in [-0.25, -0.2) is 0 Å². The molecule has 1 nitrogen and oxygen atoms in total. The first kappa shape index (κ1) is 7.43. The SMILES string of the molecule is Cc1cc(O)c2c(c1)C1CCC2C1. The Bertz CT molecular complexity index is 368. The summed E-state index contributed by atoms with van der Waals surface area (Å²) in [4.78, 5) is 0. The molecular formula is C12H14O. The Morgan fingerprint density at radius 2 is 2.00 bits per heavy atom. The zero-order valence-electron chi connectivity index (χ0n) is 7.88. The average molecular weight is 174 g/mol. The second-order valence-corrected chi connectivity index (χ2v) is 4.49. The molecule has 2 aliphatic rings. The predicted molar refractivity (Wildman–Crippen MR) is 52.2 cm³/mol. The Hall–Kier alpha value is -0.980. The van der Waals surface area contributed by atoms with Crippen molar-refractivity contribution in [2.24, 2.45) is 0 Å². The zero-order chi connectivity index (χ0) is 9.00. The smallest absolute Gasteiger partial charge is 0.119 e. The number of phenols is 1. The summed E-state index contributed by atoms with van der Waals surface area (Å²) >= 11 is 0. The number of fused-ring (bicyclic) bond motifs is 5. The molecule has 68 valence electrons. The lowest BCUT2D eigenvalue weighted by atomic mass is 9.90. The van der Waals surface area contributed by atoms with Crippen molar-refractivity contribution in [1.82, 2.24) is 0 Å². The third kappa shape index (κ3) is 0.874. The fraction of sp³-hybridized carbons (Fsp3) is 0.500. The van der Waals surface area contributed by atoms with Gasteiger partial charge >= 0.3 is 0 Å². The summed E-state index contributed by atoms with van der Waals surface area (Å²) in [7, 11) is 0. The third-order valence-corrected chi connectivity index (χ3v) is 3.62. The molecule has 0 heterocycles. The summed E-state index contributed by atoms with van der Waals surface area (Å²) in [5.74, 6) is 1.97. The zero-order valence-corrected chi connectivity index (χ0v) is 7.88. The topological polar surface area (TPSA) is 20.2 Å². The van der Waals surface area contributed by atoms with E-state index in [1.165, 1.54) is 36.0 Å². The highest BCUT2D eigenvalue weighted by Gasteiger charge is 2.38. The van der Waals surface area contributed by atoms with Crippen LogP contribution in [0.2, 0.25) is 0 Å². The second kappa shape index (κ2) is 2.28. The van der Waals surface area contributed by atoms with E-state index in [0.29, 0.717) is 11.7 Å². The Labute approximate surface area is 78.4 Å². The molecule has 1 aromatic rings. The first-order valence-electron chi connectivity index (χ1n) is 5.09. The summed E-state index contributed by atoms with van der Waals surface area (Å²) in [5.41, 5.74) is 3.90. The molecule has 2 unspecified atom stereocenters. The number of aromatic hydroxyl groups is 1. The lowest BCUT2D eigenvalue weighted by molar-refractivity contribution is 0.461. The highest BCUT2D eigenvalue weighted by molar-refractivity contribution is 5.51. The maximum Gasteiger partial charge on any atom is 0.119 e. The van der Waals surface area contributed by atoms with Crippen LogP contribution in [-0.4, -0.2) is 5.11 Å². The van der Waals surface area contributed by atoms with Gasteiger partial charge in [0.15, 0.2) is 0 Å². The Morgan fingerprint density at radius 3 is 2.85 bits per heavy atom. The second-order valence-electron chi connectivity index (χ2n) is 4.49. The molecule has 2 bridgehead atoms. The molecular weight excluding hydrogens is 160 g/mol. The Kier molecular flexibility index (Phi) is 1.30. The van der Waals surface area contributed by atoms with E-state index in [1.807, 2.05) is 6.07 Å². The van der Waals surface area contributed by atoms with Crippen molar-refractivity contribution in [1.29, 1.82) is 0 Å². The molecule has 0 radical (unpaired) electrons. The van der Waals surface area contributed by atoms with Crippen LogP contribution >= 0.6 is 0 Å². The van der Waals surface area contributed by atoms with Crippen LogP contribution in [0.4, 0.5) is 0 Å². The molecule has 2 atom stereocenters. The largest absolute Gasteiger partial charge is 0.508 e. The van der Waals surface area contributed by atoms with Gasteiger partial charge in [-0.1, -0.05) is 6.07 Å². The van der Waals surface area contributed by atoms with Gasteiger partial charge in [0.1, 0.15) is 5.75 Å². The van der Waals surface area contributed by atoms with E-state index in [-0.39, 0.29) is 0 Å². The summed E-state index contributed by atoms with van der Waals surface area (Å²) in [6.07, 6.45) is 3.90. The summed E-state index contributed by atoms with van der Waals surface area (Å²) < 4.78 is 0. The van der Waals surface area contributed by atoms with Crippen molar-refractivity contribution in [2.75, 3.05) is 0 Å².